The van der Waals surface area contributed by atoms with E-state index in [-0.39, 0.29) is 11.6 Å². The summed E-state index contributed by atoms with van der Waals surface area (Å²) in [5.74, 6) is 5.84. The van der Waals surface area contributed by atoms with E-state index >= 15 is 0 Å². The molecule has 20 heavy (non-hydrogen) atoms. The van der Waals surface area contributed by atoms with E-state index in [1.807, 2.05) is 25.0 Å². The fourth-order valence-corrected chi connectivity index (χ4v) is 3.46. The van der Waals surface area contributed by atoms with Crippen LogP contribution in [0.3, 0.4) is 0 Å². The Hall–Kier alpha value is -0.910. The summed E-state index contributed by atoms with van der Waals surface area (Å²) in [5.41, 5.74) is 4.15. The molecule has 1 unspecified atom stereocenters. The minimum atomic E-state index is -0.107. The van der Waals surface area contributed by atoms with Crippen molar-refractivity contribution in [1.29, 1.82) is 0 Å². The lowest BCUT2D eigenvalue weighted by atomic mass is 9.83. The Kier molecular flexibility index (Phi) is 5.57. The number of hydrazine groups is 1. The molecular weight excluding hydrogens is 252 g/mol. The van der Waals surface area contributed by atoms with Gasteiger partial charge in [-0.05, 0) is 31.7 Å². The van der Waals surface area contributed by atoms with Crippen molar-refractivity contribution in [3.05, 3.63) is 18.0 Å². The minimum Gasteiger partial charge on any atom is -0.377 e. The lowest BCUT2D eigenvalue weighted by molar-refractivity contribution is -0.0548. The standard InChI is InChI=1S/C15H28N4O/c1-19-13(9-12-17-19)7-8-14(18-16)15(20-2)10-5-3-4-6-11-15/h9,12,14,18H,3-8,10-11,16H2,1-2H3. The van der Waals surface area contributed by atoms with Gasteiger partial charge < -0.3 is 4.74 Å². The average Bonchev–Trinajstić information content (AvgIpc) is 2.74. The highest BCUT2D eigenvalue weighted by Gasteiger charge is 2.38. The van der Waals surface area contributed by atoms with Gasteiger partial charge in [0.15, 0.2) is 0 Å². The quantitative estimate of drug-likeness (QED) is 0.475. The highest BCUT2D eigenvalue weighted by molar-refractivity contribution is 5.02. The number of rotatable bonds is 6. The number of nitrogens with zero attached hydrogens (tertiary/aromatic N) is 2. The predicted octanol–water partition coefficient (Wildman–Crippen LogP) is 1.92. The molecule has 1 atom stereocenters. The van der Waals surface area contributed by atoms with Gasteiger partial charge in [0.25, 0.3) is 0 Å². The Morgan fingerprint density at radius 2 is 2.10 bits per heavy atom. The van der Waals surface area contributed by atoms with E-state index in [1.54, 1.807) is 0 Å². The maximum absolute atomic E-state index is 5.95. The summed E-state index contributed by atoms with van der Waals surface area (Å²) >= 11 is 0. The highest BCUT2D eigenvalue weighted by Crippen LogP contribution is 2.34. The van der Waals surface area contributed by atoms with Crippen LogP contribution in [0.4, 0.5) is 0 Å². The zero-order chi connectivity index (χ0) is 14.4. The summed E-state index contributed by atoms with van der Waals surface area (Å²) in [7, 11) is 3.82. The first-order valence-corrected chi connectivity index (χ1v) is 7.70. The molecule has 1 fully saturated rings. The van der Waals surface area contributed by atoms with Crippen LogP contribution < -0.4 is 11.3 Å². The molecule has 1 aliphatic rings. The van der Waals surface area contributed by atoms with Crippen molar-refractivity contribution in [2.24, 2.45) is 12.9 Å². The Morgan fingerprint density at radius 1 is 1.40 bits per heavy atom. The summed E-state index contributed by atoms with van der Waals surface area (Å²) < 4.78 is 7.88. The van der Waals surface area contributed by atoms with Gasteiger partial charge >= 0.3 is 0 Å². The van der Waals surface area contributed by atoms with Gasteiger partial charge in [0.2, 0.25) is 0 Å². The fourth-order valence-electron chi connectivity index (χ4n) is 3.46. The van der Waals surface area contributed by atoms with Crippen LogP contribution >= 0.6 is 0 Å². The number of nitrogens with two attached hydrogens (primary N) is 1. The molecule has 0 amide bonds. The molecule has 0 aliphatic heterocycles. The zero-order valence-electron chi connectivity index (χ0n) is 12.8. The minimum absolute atomic E-state index is 0.107. The summed E-state index contributed by atoms with van der Waals surface area (Å²) in [6, 6.07) is 2.26. The summed E-state index contributed by atoms with van der Waals surface area (Å²) in [6.45, 7) is 0. The van der Waals surface area contributed by atoms with Crippen molar-refractivity contribution in [3.8, 4) is 0 Å². The molecule has 1 aromatic heterocycles. The molecule has 2 rings (SSSR count). The first-order valence-electron chi connectivity index (χ1n) is 7.70. The van der Waals surface area contributed by atoms with Crippen LogP contribution in [-0.2, 0) is 18.2 Å². The Morgan fingerprint density at radius 3 is 2.60 bits per heavy atom. The van der Waals surface area contributed by atoms with E-state index < -0.39 is 0 Å². The van der Waals surface area contributed by atoms with Crippen molar-refractivity contribution in [3.63, 3.8) is 0 Å². The third-order valence-corrected chi connectivity index (χ3v) is 4.80. The second kappa shape index (κ2) is 7.20. The van der Waals surface area contributed by atoms with Gasteiger partial charge in [-0.3, -0.25) is 16.0 Å². The average molecular weight is 280 g/mol. The maximum Gasteiger partial charge on any atom is 0.0844 e. The number of aryl methyl sites for hydroxylation is 2. The van der Waals surface area contributed by atoms with Crippen molar-refractivity contribution in [2.75, 3.05) is 7.11 Å². The molecule has 1 aromatic rings. The van der Waals surface area contributed by atoms with Crippen molar-refractivity contribution in [2.45, 2.75) is 63.0 Å². The van der Waals surface area contributed by atoms with Crippen LogP contribution in [0.2, 0.25) is 0 Å². The molecule has 5 nitrogen and oxygen atoms in total. The first kappa shape index (κ1) is 15.5. The van der Waals surface area contributed by atoms with Gasteiger partial charge in [-0.2, -0.15) is 5.10 Å². The largest absolute Gasteiger partial charge is 0.377 e. The summed E-state index contributed by atoms with van der Waals surface area (Å²) in [6.07, 6.45) is 11.1. The Labute approximate surface area is 121 Å². The molecule has 1 saturated carbocycles. The lowest BCUT2D eigenvalue weighted by Gasteiger charge is -2.39. The smallest absolute Gasteiger partial charge is 0.0844 e. The second-order valence-electron chi connectivity index (χ2n) is 5.89. The van der Waals surface area contributed by atoms with E-state index in [9.17, 15) is 0 Å². The van der Waals surface area contributed by atoms with Crippen LogP contribution in [0.1, 0.15) is 50.6 Å². The molecule has 114 valence electrons. The van der Waals surface area contributed by atoms with Crippen molar-refractivity contribution < 1.29 is 4.74 Å². The molecule has 3 N–H and O–H groups in total. The Bertz CT molecular complexity index is 396. The molecule has 5 heteroatoms. The normalized spacial score (nSPS) is 20.6. The molecule has 0 spiro atoms. The van der Waals surface area contributed by atoms with Gasteiger partial charge in [-0.15, -0.1) is 0 Å². The zero-order valence-corrected chi connectivity index (χ0v) is 12.8. The number of hydrogen-bond acceptors (Lipinski definition) is 4. The van der Waals surface area contributed by atoms with Gasteiger partial charge in [-0.25, -0.2) is 0 Å². The van der Waals surface area contributed by atoms with E-state index in [1.165, 1.54) is 31.4 Å². The SMILES string of the molecule is COC1(C(CCc2ccnn2C)NN)CCCCCC1. The fraction of sp³-hybridized carbons (Fsp3) is 0.800. The van der Waals surface area contributed by atoms with Gasteiger partial charge in [0, 0.05) is 26.0 Å². The third kappa shape index (κ3) is 3.40. The second-order valence-corrected chi connectivity index (χ2v) is 5.89. The van der Waals surface area contributed by atoms with Crippen LogP contribution in [0.25, 0.3) is 0 Å². The Balaban J connectivity index is 2.02. The van der Waals surface area contributed by atoms with Crippen LogP contribution in [0.5, 0.6) is 0 Å². The van der Waals surface area contributed by atoms with Crippen molar-refractivity contribution in [1.82, 2.24) is 15.2 Å². The monoisotopic (exact) mass is 280 g/mol. The molecular formula is C15H28N4O. The molecule has 0 bridgehead atoms. The van der Waals surface area contributed by atoms with E-state index in [2.05, 4.69) is 16.6 Å². The van der Waals surface area contributed by atoms with Gasteiger partial charge in [-0.1, -0.05) is 25.7 Å². The van der Waals surface area contributed by atoms with E-state index in [4.69, 9.17) is 10.6 Å². The third-order valence-electron chi connectivity index (χ3n) is 4.80. The number of nitrogens with one attached hydrogen (secondary N) is 1. The van der Waals surface area contributed by atoms with Crippen molar-refractivity contribution >= 4 is 0 Å². The topological polar surface area (TPSA) is 65.1 Å². The maximum atomic E-state index is 5.95. The number of methoxy groups -OCH3 is 1. The van der Waals surface area contributed by atoms with Crippen LogP contribution in [-0.4, -0.2) is 28.5 Å². The molecule has 0 radical (unpaired) electrons. The highest BCUT2D eigenvalue weighted by atomic mass is 16.5. The molecule has 1 aliphatic carbocycles. The van der Waals surface area contributed by atoms with E-state index in [0.717, 1.165) is 25.7 Å². The van der Waals surface area contributed by atoms with E-state index in [0.29, 0.717) is 0 Å². The van der Waals surface area contributed by atoms with Crippen LogP contribution in [0, 0.1) is 0 Å². The first-order chi connectivity index (χ1) is 9.72. The number of ether oxygens (including phenoxy) is 1. The van der Waals surface area contributed by atoms with Crippen LogP contribution in [0.15, 0.2) is 12.3 Å². The summed E-state index contributed by atoms with van der Waals surface area (Å²) in [4.78, 5) is 0. The number of hydrogen-bond donors (Lipinski definition) is 2. The molecule has 0 aromatic carbocycles. The predicted molar refractivity (Wildman–Crippen MR) is 80.1 cm³/mol. The molecule has 1 heterocycles. The van der Waals surface area contributed by atoms with Gasteiger partial charge in [0.05, 0.1) is 11.6 Å². The van der Waals surface area contributed by atoms with Gasteiger partial charge in [0.1, 0.15) is 0 Å². The lowest BCUT2D eigenvalue weighted by Crippen LogP contribution is -2.54. The number of aromatic nitrogens is 2. The summed E-state index contributed by atoms with van der Waals surface area (Å²) in [5, 5.41) is 4.22. The molecule has 0 saturated heterocycles.